The number of aromatic nitrogens is 2. The highest BCUT2D eigenvalue weighted by Crippen LogP contribution is 2.25. The van der Waals surface area contributed by atoms with Gasteiger partial charge in [-0.25, -0.2) is 4.79 Å². The van der Waals surface area contributed by atoms with Crippen molar-refractivity contribution in [3.63, 3.8) is 0 Å². The molecule has 13 atom stereocenters. The Kier molecular flexibility index (Phi) is 32.4. The number of rotatable bonds is 41. The SMILES string of the molecule is CC(C)C[C@H](NC(=O)[C@H](Cc1c[nH]c2ccccc12)NC(=O)[C@H](CCCCN)NC(=O)[C@@H](NC(=O)CN)[C@@H](C)O)C(=O)N[C@H](C(=O)N[C@@H](CCC(=O)O)C(=O)N[C@H](C(=O)N[C@@H](Cc1c[nH]c2ccccc12)C(=O)N1CCC[C@H]1C(=O)N[C@@H](CC(C)C)C(=O)N[C@@H](CS)C(=O)O)C(C)C)[C@@H](C)O. The number of hydrogen-bond acceptors (Lipinski definition) is 18. The van der Waals surface area contributed by atoms with Gasteiger partial charge >= 0.3 is 11.9 Å². The first kappa shape index (κ1) is 82.5. The number of thiol groups is 1. The van der Waals surface area contributed by atoms with Crippen molar-refractivity contribution in [1.82, 2.24) is 68.0 Å². The molecule has 556 valence electrons. The van der Waals surface area contributed by atoms with Crippen molar-refractivity contribution in [3.8, 4) is 0 Å². The number of nitrogens with two attached hydrogens (primary N) is 2. The minimum Gasteiger partial charge on any atom is -0.481 e. The minimum absolute atomic E-state index is 0.00814. The fourth-order valence-electron chi connectivity index (χ4n) is 11.8. The molecule has 0 aliphatic carbocycles. The average molecular weight is 1430 g/mol. The molecule has 4 aromatic rings. The van der Waals surface area contributed by atoms with Gasteiger partial charge in [0.1, 0.15) is 66.5 Å². The number of amides is 11. The first-order valence-electron chi connectivity index (χ1n) is 34.0. The van der Waals surface area contributed by atoms with Gasteiger partial charge in [-0.15, -0.1) is 0 Å². The van der Waals surface area contributed by atoms with E-state index in [0.717, 1.165) is 6.92 Å². The number of para-hydroxylation sites is 2. The van der Waals surface area contributed by atoms with E-state index in [0.29, 0.717) is 52.2 Å². The number of carboxylic acids is 2. The van der Waals surface area contributed by atoms with Gasteiger partial charge in [-0.1, -0.05) is 77.9 Å². The van der Waals surface area contributed by atoms with Crippen molar-refractivity contribution in [2.75, 3.05) is 25.4 Å². The van der Waals surface area contributed by atoms with E-state index in [-0.39, 0.29) is 69.2 Å². The quantitative estimate of drug-likeness (QED) is 0.0182. The number of likely N-dealkylation sites (tertiary alicyclic amines) is 1. The second-order valence-electron chi connectivity index (χ2n) is 26.7. The molecule has 1 aliphatic rings. The number of carboxylic acid groups (broad SMARTS) is 2. The van der Waals surface area contributed by atoms with Crippen molar-refractivity contribution >= 4 is 111 Å². The first-order valence-corrected chi connectivity index (χ1v) is 34.7. The topological polar surface area (TPSA) is 510 Å². The summed E-state index contributed by atoms with van der Waals surface area (Å²) in [7, 11) is 0. The Labute approximate surface area is 591 Å². The summed E-state index contributed by atoms with van der Waals surface area (Å²) in [4.78, 5) is 188. The van der Waals surface area contributed by atoms with Crippen molar-refractivity contribution < 1.29 is 82.8 Å². The number of carbonyl (C=O) groups excluding carboxylic acids is 11. The van der Waals surface area contributed by atoms with Crippen molar-refractivity contribution in [2.45, 2.75) is 205 Å². The molecule has 5 rings (SSSR count). The van der Waals surface area contributed by atoms with Crippen LogP contribution in [0, 0.1) is 17.8 Å². The monoisotopic (exact) mass is 1430 g/mol. The van der Waals surface area contributed by atoms with E-state index in [9.17, 15) is 78.0 Å². The highest BCUT2D eigenvalue weighted by atomic mass is 32.1. The largest absolute Gasteiger partial charge is 0.481 e. The number of H-pyrrole nitrogens is 2. The maximum atomic E-state index is 15.0. The highest BCUT2D eigenvalue weighted by Gasteiger charge is 2.42. The van der Waals surface area contributed by atoms with Crippen LogP contribution < -0.4 is 64.6 Å². The zero-order valence-electron chi connectivity index (χ0n) is 58.3. The summed E-state index contributed by atoms with van der Waals surface area (Å²) < 4.78 is 0. The molecule has 20 N–H and O–H groups in total. The number of hydrogen-bond donors (Lipinski definition) is 19. The molecule has 0 saturated carbocycles. The Balaban J connectivity index is 1.40. The summed E-state index contributed by atoms with van der Waals surface area (Å²) in [5.41, 5.74) is 13.7. The number of aromatic amines is 2. The molecule has 11 amide bonds. The normalized spacial score (nSPS) is 16.6. The van der Waals surface area contributed by atoms with Crippen LogP contribution in [0.5, 0.6) is 0 Å². The molecule has 32 nitrogen and oxygen atoms in total. The molecule has 1 saturated heterocycles. The van der Waals surface area contributed by atoms with Gasteiger partial charge in [0, 0.05) is 65.8 Å². The minimum atomic E-state index is -1.90. The Morgan fingerprint density at radius 2 is 0.960 bits per heavy atom. The maximum absolute atomic E-state index is 15.0. The van der Waals surface area contributed by atoms with Gasteiger partial charge in [0.2, 0.25) is 65.0 Å². The molecular weight excluding hydrogens is 1330 g/mol. The lowest BCUT2D eigenvalue weighted by atomic mass is 9.99. The third kappa shape index (κ3) is 24.6. The van der Waals surface area contributed by atoms with Gasteiger partial charge in [0.05, 0.1) is 18.8 Å². The van der Waals surface area contributed by atoms with E-state index in [1.165, 1.54) is 11.8 Å². The third-order valence-electron chi connectivity index (χ3n) is 17.2. The molecule has 0 bridgehead atoms. The van der Waals surface area contributed by atoms with E-state index in [4.69, 9.17) is 11.5 Å². The number of carbonyl (C=O) groups is 13. The number of nitrogens with one attached hydrogen (secondary N) is 12. The molecule has 0 unspecified atom stereocenters. The summed E-state index contributed by atoms with van der Waals surface area (Å²) in [5.74, 6) is -14.0. The molecule has 101 heavy (non-hydrogen) atoms. The lowest BCUT2D eigenvalue weighted by molar-refractivity contribution is -0.143. The highest BCUT2D eigenvalue weighted by molar-refractivity contribution is 7.80. The fourth-order valence-corrected chi connectivity index (χ4v) is 12.0. The van der Waals surface area contributed by atoms with Crippen LogP contribution in [0.2, 0.25) is 0 Å². The number of aliphatic hydroxyl groups excluding tert-OH is 2. The first-order chi connectivity index (χ1) is 47.8. The summed E-state index contributed by atoms with van der Waals surface area (Å²) in [6.45, 7) is 12.4. The predicted molar refractivity (Wildman–Crippen MR) is 375 cm³/mol. The molecule has 33 heteroatoms. The van der Waals surface area contributed by atoms with E-state index in [2.05, 4.69) is 75.8 Å². The molecule has 2 aromatic heterocycles. The standard InChI is InChI=1S/C68H101N15O17S/c1-34(2)26-47(60(91)79-51(33-101)68(99)100)77-63(94)52-21-15-25-83(52)67(98)50(29-40-32-72-44-19-12-10-17-42(40)44)78-64(95)55(36(5)6)81-59(90)46(22-23-54(87)88)74-66(97)57(38(8)85)82-62(93)48(27-35(3)4)75-61(92)49(28-39-31-71-43-18-11-9-16-41(39)43)76-58(89)45(20-13-14-24-69)73-65(96)56(37(7)84)80-53(86)30-70/h9-12,16-19,31-32,34-38,45-52,55-57,71-72,84-85,101H,13-15,20-30,33,69-70H2,1-8H3,(H,73,96)(H,74,97)(H,75,92)(H,76,89)(H,77,94)(H,78,95)(H,79,91)(H,80,86)(H,81,90)(H,82,93)(H,87,88)(H,99,100)/t37-,38-,45+,46+,47+,48+,49+,50+,51+,52+,55+,56+,57+/m1/s1. The lowest BCUT2D eigenvalue weighted by Gasteiger charge is -2.32. The third-order valence-corrected chi connectivity index (χ3v) is 17.6. The van der Waals surface area contributed by atoms with Crippen molar-refractivity contribution in [2.24, 2.45) is 29.2 Å². The molecule has 1 aliphatic heterocycles. The van der Waals surface area contributed by atoms with Crippen molar-refractivity contribution in [3.05, 3.63) is 72.1 Å². The Bertz CT molecular complexity index is 3540. The predicted octanol–water partition coefficient (Wildman–Crippen LogP) is -1.25. The lowest BCUT2D eigenvalue weighted by Crippen LogP contribution is -2.63. The number of aliphatic carboxylic acids is 2. The zero-order chi connectivity index (χ0) is 74.9. The van der Waals surface area contributed by atoms with E-state index >= 15 is 4.79 Å². The van der Waals surface area contributed by atoms with Gasteiger partial charge in [-0.3, -0.25) is 57.5 Å². The zero-order valence-corrected chi connectivity index (χ0v) is 59.2. The Morgan fingerprint density at radius 3 is 1.47 bits per heavy atom. The number of benzene rings is 2. The van der Waals surface area contributed by atoms with E-state index < -0.39 is 181 Å². The summed E-state index contributed by atoms with van der Waals surface area (Å²) in [6, 6.07) is -1.87. The second-order valence-corrected chi connectivity index (χ2v) is 27.1. The molecule has 2 aromatic carbocycles. The molecule has 0 spiro atoms. The maximum Gasteiger partial charge on any atom is 0.327 e. The van der Waals surface area contributed by atoms with E-state index in [1.54, 1.807) is 102 Å². The van der Waals surface area contributed by atoms with Crippen LogP contribution in [0.3, 0.4) is 0 Å². The summed E-state index contributed by atoms with van der Waals surface area (Å²) >= 11 is 4.03. The van der Waals surface area contributed by atoms with Crippen LogP contribution in [-0.2, 0) is 75.2 Å². The number of fused-ring (bicyclic) bond motifs is 2. The smallest absolute Gasteiger partial charge is 0.327 e. The van der Waals surface area contributed by atoms with Gasteiger partial charge in [0.15, 0.2) is 0 Å². The van der Waals surface area contributed by atoms with Crippen LogP contribution in [0.25, 0.3) is 21.8 Å². The van der Waals surface area contributed by atoms with Gasteiger partial charge in [0.25, 0.3) is 0 Å². The molecule has 1 fully saturated rings. The van der Waals surface area contributed by atoms with Crippen LogP contribution in [-0.4, -0.2) is 216 Å². The van der Waals surface area contributed by atoms with Gasteiger partial charge in [-0.2, -0.15) is 12.6 Å². The molecular formula is C68H101N15O17S. The summed E-state index contributed by atoms with van der Waals surface area (Å²) in [6.07, 6.45) is -0.274. The van der Waals surface area contributed by atoms with Crippen LogP contribution >= 0.6 is 12.6 Å². The fraction of sp³-hybridized carbons (Fsp3) is 0.574. The van der Waals surface area contributed by atoms with Gasteiger partial charge in [-0.05, 0) is 113 Å². The summed E-state index contributed by atoms with van der Waals surface area (Å²) in [5, 5.41) is 68.1. The number of unbranched alkanes of at least 4 members (excludes halogenated alkanes) is 1. The van der Waals surface area contributed by atoms with Gasteiger partial charge < -0.3 is 99.9 Å². The molecule has 3 heterocycles. The second kappa shape index (κ2) is 39.7. The average Bonchev–Trinajstić information content (AvgIpc) is 1.72. The van der Waals surface area contributed by atoms with Crippen molar-refractivity contribution in [1.29, 1.82) is 0 Å². The number of nitrogens with zero attached hydrogens (tertiary/aromatic N) is 1. The van der Waals surface area contributed by atoms with E-state index in [1.807, 2.05) is 0 Å². The Morgan fingerprint density at radius 1 is 0.525 bits per heavy atom. The van der Waals surface area contributed by atoms with Crippen LogP contribution in [0.4, 0.5) is 0 Å². The van der Waals surface area contributed by atoms with Crippen LogP contribution in [0.15, 0.2) is 60.9 Å². The van der Waals surface area contributed by atoms with Crippen LogP contribution in [0.1, 0.15) is 124 Å². The molecule has 0 radical (unpaired) electrons. The number of aliphatic hydroxyl groups is 2. The Hall–Kier alpha value is -9.18.